The molecule has 0 saturated heterocycles. The van der Waals surface area contributed by atoms with Crippen LogP contribution in [0.25, 0.3) is 0 Å². The van der Waals surface area contributed by atoms with Gasteiger partial charge in [-0.2, -0.15) is 0 Å². The zero-order valence-corrected chi connectivity index (χ0v) is 16.6. The summed E-state index contributed by atoms with van der Waals surface area (Å²) in [6.07, 6.45) is 15.6. The molecule has 0 unspecified atom stereocenters. The van der Waals surface area contributed by atoms with Crippen LogP contribution in [0, 0.1) is 17.8 Å². The Labute approximate surface area is 162 Å². The van der Waals surface area contributed by atoms with Crippen molar-refractivity contribution in [2.75, 3.05) is 7.11 Å². The van der Waals surface area contributed by atoms with E-state index in [1.807, 2.05) is 12.2 Å². The van der Waals surface area contributed by atoms with E-state index in [9.17, 15) is 19.8 Å². The van der Waals surface area contributed by atoms with Crippen LogP contribution < -0.4 is 0 Å². The third-order valence-electron chi connectivity index (χ3n) is 5.20. The van der Waals surface area contributed by atoms with Crippen LogP contribution in [0.5, 0.6) is 0 Å². The van der Waals surface area contributed by atoms with Crippen LogP contribution in [-0.2, 0) is 14.3 Å². The van der Waals surface area contributed by atoms with Gasteiger partial charge >= 0.3 is 5.97 Å². The van der Waals surface area contributed by atoms with Crippen molar-refractivity contribution in [2.24, 2.45) is 17.8 Å². The zero-order chi connectivity index (χ0) is 20.3. The topological polar surface area (TPSA) is 83.8 Å². The summed E-state index contributed by atoms with van der Waals surface area (Å²) in [4.78, 5) is 23.4. The lowest BCUT2D eigenvalue weighted by atomic mass is 9.90. The molecule has 1 fully saturated rings. The lowest BCUT2D eigenvalue weighted by Gasteiger charge is -2.17. The second-order valence-electron chi connectivity index (χ2n) is 7.28. The van der Waals surface area contributed by atoms with E-state index in [0.29, 0.717) is 25.2 Å². The Bertz CT molecular complexity index is 547. The maximum absolute atomic E-state index is 12.2. The predicted molar refractivity (Wildman–Crippen MR) is 106 cm³/mol. The highest BCUT2D eigenvalue weighted by Crippen LogP contribution is 2.33. The number of ketones is 1. The molecule has 1 saturated carbocycles. The lowest BCUT2D eigenvalue weighted by Crippen LogP contribution is -2.39. The van der Waals surface area contributed by atoms with Gasteiger partial charge in [0.15, 0.2) is 0 Å². The second kappa shape index (κ2) is 11.9. The Morgan fingerprint density at radius 2 is 2.11 bits per heavy atom. The van der Waals surface area contributed by atoms with Crippen molar-refractivity contribution in [3.05, 3.63) is 37.0 Å². The quantitative estimate of drug-likeness (QED) is 0.307. The fourth-order valence-corrected chi connectivity index (χ4v) is 3.51. The molecule has 5 nitrogen and oxygen atoms in total. The number of esters is 1. The highest BCUT2D eigenvalue weighted by atomic mass is 16.6. The van der Waals surface area contributed by atoms with Gasteiger partial charge in [-0.05, 0) is 43.9 Å². The van der Waals surface area contributed by atoms with Gasteiger partial charge in [-0.15, -0.1) is 6.58 Å². The SMILES string of the molecule is C=C[C@@H](C/C=C/[C@H]1CCC(=O)[C@@H]1C/C=C\CCC(O)(O)C(=O)OC)CCC. The summed E-state index contributed by atoms with van der Waals surface area (Å²) >= 11 is 0. The van der Waals surface area contributed by atoms with Gasteiger partial charge in [0.05, 0.1) is 7.11 Å². The Balaban J connectivity index is 2.48. The molecule has 1 aliphatic rings. The van der Waals surface area contributed by atoms with Crippen molar-refractivity contribution < 1.29 is 24.5 Å². The normalized spacial score (nSPS) is 21.9. The largest absolute Gasteiger partial charge is 0.465 e. The monoisotopic (exact) mass is 378 g/mol. The van der Waals surface area contributed by atoms with E-state index in [1.54, 1.807) is 6.08 Å². The molecule has 0 aromatic rings. The number of carbonyl (C=O) groups is 2. The van der Waals surface area contributed by atoms with E-state index in [0.717, 1.165) is 32.8 Å². The molecule has 5 heteroatoms. The van der Waals surface area contributed by atoms with Crippen LogP contribution in [0.1, 0.15) is 58.3 Å². The summed E-state index contributed by atoms with van der Waals surface area (Å²) in [5.41, 5.74) is 0. The molecule has 0 aliphatic heterocycles. The molecule has 1 rings (SSSR count). The maximum atomic E-state index is 12.2. The first kappa shape index (κ1) is 23.3. The smallest absolute Gasteiger partial charge is 0.366 e. The standard InChI is InChI=1S/C22H34O5/c1-4-10-17(5-2)11-9-12-18-14-15-20(23)19(18)13-7-6-8-16-22(25,26)21(24)27-3/h5-7,9,12,17-19,25-26H,2,4,8,10-11,13-16H2,1,3H3/b7-6-,12-9+/t17-,18+,19-/m1/s1. The van der Waals surface area contributed by atoms with Gasteiger partial charge in [-0.1, -0.05) is 43.7 Å². The van der Waals surface area contributed by atoms with E-state index in [4.69, 9.17) is 0 Å². The van der Waals surface area contributed by atoms with E-state index in [2.05, 4.69) is 30.4 Å². The highest BCUT2D eigenvalue weighted by Gasteiger charge is 2.34. The predicted octanol–water partition coefficient (Wildman–Crippen LogP) is 3.71. The van der Waals surface area contributed by atoms with Gasteiger partial charge in [-0.3, -0.25) is 4.79 Å². The molecule has 0 aromatic carbocycles. The molecule has 0 heterocycles. The molecule has 3 atom stereocenters. The van der Waals surface area contributed by atoms with Crippen molar-refractivity contribution in [3.8, 4) is 0 Å². The fourth-order valence-electron chi connectivity index (χ4n) is 3.51. The average Bonchev–Trinajstić information content (AvgIpc) is 2.99. The number of Topliss-reactive ketones (excluding diaryl/α,β-unsaturated/α-hetero) is 1. The van der Waals surface area contributed by atoms with Gasteiger partial charge in [0.1, 0.15) is 5.78 Å². The Kier molecular flexibility index (Phi) is 10.3. The molecular weight excluding hydrogens is 344 g/mol. The van der Waals surface area contributed by atoms with Crippen LogP contribution in [-0.4, -0.2) is 34.9 Å². The molecular formula is C22H34O5. The number of allylic oxidation sites excluding steroid dienone is 5. The third-order valence-corrected chi connectivity index (χ3v) is 5.20. The van der Waals surface area contributed by atoms with Gasteiger partial charge in [-0.25, -0.2) is 4.79 Å². The van der Waals surface area contributed by atoms with Crippen LogP contribution in [0.4, 0.5) is 0 Å². The second-order valence-corrected chi connectivity index (χ2v) is 7.28. The van der Waals surface area contributed by atoms with Crippen molar-refractivity contribution in [3.63, 3.8) is 0 Å². The number of hydrogen-bond donors (Lipinski definition) is 2. The Hall–Kier alpha value is -1.72. The summed E-state index contributed by atoms with van der Waals surface area (Å²) in [5, 5.41) is 19.1. The van der Waals surface area contributed by atoms with Crippen molar-refractivity contribution in [2.45, 2.75) is 64.1 Å². The minimum atomic E-state index is -2.46. The number of hydrogen-bond acceptors (Lipinski definition) is 5. The minimum Gasteiger partial charge on any atom is -0.465 e. The molecule has 2 N–H and O–H groups in total. The molecule has 152 valence electrons. The van der Waals surface area contributed by atoms with Gasteiger partial charge < -0.3 is 14.9 Å². The van der Waals surface area contributed by atoms with E-state index in [1.165, 1.54) is 0 Å². The summed E-state index contributed by atoms with van der Waals surface area (Å²) < 4.78 is 4.34. The van der Waals surface area contributed by atoms with Gasteiger partial charge in [0.25, 0.3) is 5.79 Å². The zero-order valence-electron chi connectivity index (χ0n) is 16.6. The van der Waals surface area contributed by atoms with Crippen LogP contribution >= 0.6 is 0 Å². The van der Waals surface area contributed by atoms with Crippen molar-refractivity contribution >= 4 is 11.8 Å². The number of ether oxygens (including phenoxy) is 1. The van der Waals surface area contributed by atoms with E-state index >= 15 is 0 Å². The van der Waals surface area contributed by atoms with Crippen LogP contribution in [0.3, 0.4) is 0 Å². The summed E-state index contributed by atoms with van der Waals surface area (Å²) in [6, 6.07) is 0. The van der Waals surface area contributed by atoms with Crippen LogP contribution in [0.15, 0.2) is 37.0 Å². The first-order chi connectivity index (χ1) is 12.9. The lowest BCUT2D eigenvalue weighted by molar-refractivity contribution is -0.208. The molecule has 0 amide bonds. The van der Waals surface area contributed by atoms with E-state index < -0.39 is 11.8 Å². The number of aliphatic hydroxyl groups is 2. The van der Waals surface area contributed by atoms with Gasteiger partial charge in [0, 0.05) is 18.8 Å². The Morgan fingerprint density at radius 1 is 1.37 bits per heavy atom. The van der Waals surface area contributed by atoms with Gasteiger partial charge in [0.2, 0.25) is 0 Å². The first-order valence-electron chi connectivity index (χ1n) is 9.85. The maximum Gasteiger partial charge on any atom is 0.366 e. The third kappa shape index (κ3) is 7.81. The number of methoxy groups -OCH3 is 1. The van der Waals surface area contributed by atoms with Crippen molar-refractivity contribution in [1.29, 1.82) is 0 Å². The van der Waals surface area contributed by atoms with Crippen molar-refractivity contribution in [1.82, 2.24) is 0 Å². The molecule has 0 aromatic heterocycles. The summed E-state index contributed by atoms with van der Waals surface area (Å²) in [7, 11) is 1.11. The number of rotatable bonds is 12. The number of carbonyl (C=O) groups excluding carboxylic acids is 2. The van der Waals surface area contributed by atoms with Crippen LogP contribution in [0.2, 0.25) is 0 Å². The summed E-state index contributed by atoms with van der Waals surface area (Å²) in [5.74, 6) is -2.50. The minimum absolute atomic E-state index is 0.0144. The molecule has 27 heavy (non-hydrogen) atoms. The molecule has 0 radical (unpaired) electrons. The Morgan fingerprint density at radius 3 is 2.74 bits per heavy atom. The fraction of sp³-hybridized carbons (Fsp3) is 0.636. The highest BCUT2D eigenvalue weighted by molar-refractivity contribution is 5.83. The van der Waals surface area contributed by atoms with E-state index in [-0.39, 0.29) is 24.0 Å². The molecule has 1 aliphatic carbocycles. The molecule has 0 spiro atoms. The molecule has 0 bridgehead atoms. The summed E-state index contributed by atoms with van der Waals surface area (Å²) in [6.45, 7) is 6.05. The first-order valence-corrected chi connectivity index (χ1v) is 9.85. The average molecular weight is 379 g/mol.